The predicted octanol–water partition coefficient (Wildman–Crippen LogP) is 0.963. The molecule has 2 N–H and O–H groups in total. The first-order valence-electron chi connectivity index (χ1n) is 5.08. The van der Waals surface area contributed by atoms with Gasteiger partial charge in [-0.1, -0.05) is 12.1 Å². The minimum absolute atomic E-state index is 0.0235. The minimum atomic E-state index is -3.52. The molecule has 5 heteroatoms. The molecule has 0 fully saturated rings. The molecule has 0 aromatic heterocycles. The number of rotatable bonds is 4. The largest absolute Gasteiger partial charge is 0.392 e. The van der Waals surface area contributed by atoms with Crippen LogP contribution in [0.25, 0.3) is 0 Å². The van der Waals surface area contributed by atoms with Gasteiger partial charge in [-0.3, -0.25) is 0 Å². The average Bonchev–Trinajstić information content (AvgIpc) is 2.19. The Hall–Kier alpha value is -0.910. The molecule has 1 unspecified atom stereocenters. The van der Waals surface area contributed by atoms with Crippen molar-refractivity contribution in [1.29, 1.82) is 0 Å². The molecule has 0 saturated carbocycles. The second-order valence-corrected chi connectivity index (χ2v) is 5.71. The van der Waals surface area contributed by atoms with Gasteiger partial charge >= 0.3 is 0 Å². The number of hydrogen-bond donors (Lipinski definition) is 2. The van der Waals surface area contributed by atoms with E-state index in [0.717, 1.165) is 5.56 Å². The van der Waals surface area contributed by atoms with Gasteiger partial charge in [-0.2, -0.15) is 0 Å². The zero-order valence-corrected chi connectivity index (χ0v) is 10.5. The first kappa shape index (κ1) is 13.2. The van der Waals surface area contributed by atoms with Gasteiger partial charge in [-0.25, -0.2) is 13.1 Å². The normalized spacial score (nSPS) is 13.8. The van der Waals surface area contributed by atoms with Gasteiger partial charge in [0, 0.05) is 6.54 Å². The fourth-order valence-electron chi connectivity index (χ4n) is 1.30. The topological polar surface area (TPSA) is 66.4 Å². The number of sulfonamides is 1. The summed E-state index contributed by atoms with van der Waals surface area (Å²) in [5, 5.41) is 9.06. The fraction of sp³-hybridized carbons (Fsp3) is 0.455. The molecule has 1 atom stereocenters. The van der Waals surface area contributed by atoms with E-state index in [1.54, 1.807) is 19.1 Å². The highest BCUT2D eigenvalue weighted by Gasteiger charge is 2.16. The number of aryl methyl sites for hydroxylation is 2. The van der Waals surface area contributed by atoms with Crippen LogP contribution in [0.3, 0.4) is 0 Å². The summed E-state index contributed by atoms with van der Waals surface area (Å²) in [5.74, 6) is 0. The summed E-state index contributed by atoms with van der Waals surface area (Å²) in [6.07, 6.45) is -0.695. The van der Waals surface area contributed by atoms with Crippen LogP contribution in [0.4, 0.5) is 0 Å². The quantitative estimate of drug-likeness (QED) is 0.828. The van der Waals surface area contributed by atoms with Crippen molar-refractivity contribution < 1.29 is 13.5 Å². The summed E-state index contributed by atoms with van der Waals surface area (Å²) in [5.41, 5.74) is 1.59. The van der Waals surface area contributed by atoms with E-state index in [-0.39, 0.29) is 11.4 Å². The number of hydrogen-bond acceptors (Lipinski definition) is 3. The van der Waals surface area contributed by atoms with Gasteiger partial charge in [0.25, 0.3) is 0 Å². The van der Waals surface area contributed by atoms with E-state index in [1.165, 1.54) is 6.92 Å². The van der Waals surface area contributed by atoms with Crippen molar-refractivity contribution in [2.45, 2.75) is 31.8 Å². The van der Waals surface area contributed by atoms with Crippen LogP contribution in [0.15, 0.2) is 23.1 Å². The molecule has 0 heterocycles. The number of benzene rings is 1. The average molecular weight is 243 g/mol. The monoisotopic (exact) mass is 243 g/mol. The smallest absolute Gasteiger partial charge is 0.240 e. The Kier molecular flexibility index (Phi) is 4.07. The molecular formula is C11H17NO3S. The van der Waals surface area contributed by atoms with Crippen LogP contribution in [0.2, 0.25) is 0 Å². The van der Waals surface area contributed by atoms with E-state index in [9.17, 15) is 8.42 Å². The Balaban J connectivity index is 3.02. The van der Waals surface area contributed by atoms with Gasteiger partial charge in [-0.05, 0) is 38.0 Å². The third-order valence-corrected chi connectivity index (χ3v) is 3.77. The lowest BCUT2D eigenvalue weighted by Crippen LogP contribution is -2.31. The van der Waals surface area contributed by atoms with Crippen LogP contribution in [0.5, 0.6) is 0 Å². The second kappa shape index (κ2) is 4.95. The Labute approximate surface area is 96.4 Å². The van der Waals surface area contributed by atoms with E-state index in [2.05, 4.69) is 4.72 Å². The lowest BCUT2D eigenvalue weighted by atomic mass is 10.2. The van der Waals surface area contributed by atoms with E-state index in [1.807, 2.05) is 13.0 Å². The number of aliphatic hydroxyl groups excluding tert-OH is 1. The first-order chi connectivity index (χ1) is 7.33. The highest BCUT2D eigenvalue weighted by atomic mass is 32.2. The summed E-state index contributed by atoms with van der Waals surface area (Å²) in [7, 11) is -3.52. The summed E-state index contributed by atoms with van der Waals surface area (Å²) < 4.78 is 26.1. The van der Waals surface area contributed by atoms with Gasteiger partial charge < -0.3 is 5.11 Å². The maximum absolute atomic E-state index is 11.9. The van der Waals surface area contributed by atoms with E-state index < -0.39 is 16.1 Å². The summed E-state index contributed by atoms with van der Waals surface area (Å²) in [6, 6.07) is 5.26. The van der Waals surface area contributed by atoms with Crippen LogP contribution < -0.4 is 4.72 Å². The molecule has 4 nitrogen and oxygen atoms in total. The molecule has 0 aliphatic heterocycles. The Morgan fingerprint density at radius 3 is 2.56 bits per heavy atom. The molecule has 1 aromatic carbocycles. The third-order valence-electron chi connectivity index (χ3n) is 2.20. The SMILES string of the molecule is Cc1ccc(C)c(S(=O)(=O)NCC(C)O)c1. The third kappa shape index (κ3) is 3.30. The molecule has 0 bridgehead atoms. The predicted molar refractivity (Wildman–Crippen MR) is 62.8 cm³/mol. The molecule has 16 heavy (non-hydrogen) atoms. The maximum atomic E-state index is 11.9. The Morgan fingerprint density at radius 2 is 2.00 bits per heavy atom. The molecule has 0 aliphatic rings. The van der Waals surface area contributed by atoms with Crippen molar-refractivity contribution in [3.63, 3.8) is 0 Å². The molecule has 1 aromatic rings. The highest BCUT2D eigenvalue weighted by molar-refractivity contribution is 7.89. The van der Waals surface area contributed by atoms with Crippen LogP contribution in [0.1, 0.15) is 18.1 Å². The molecule has 0 spiro atoms. The summed E-state index contributed by atoms with van der Waals surface area (Å²) >= 11 is 0. The van der Waals surface area contributed by atoms with Gasteiger partial charge in [0.05, 0.1) is 11.0 Å². The standard InChI is InChI=1S/C11H17NO3S/c1-8-4-5-9(2)11(6-8)16(14,15)12-7-10(3)13/h4-6,10,12-13H,7H2,1-3H3. The minimum Gasteiger partial charge on any atom is -0.392 e. The Morgan fingerprint density at radius 1 is 1.38 bits per heavy atom. The molecule has 0 amide bonds. The van der Waals surface area contributed by atoms with Crippen molar-refractivity contribution in [2.24, 2.45) is 0 Å². The van der Waals surface area contributed by atoms with Crippen molar-refractivity contribution >= 4 is 10.0 Å². The Bertz CT molecular complexity index is 466. The molecule has 0 saturated heterocycles. The van der Waals surface area contributed by atoms with Gasteiger partial charge in [0.2, 0.25) is 10.0 Å². The van der Waals surface area contributed by atoms with Crippen LogP contribution in [0, 0.1) is 13.8 Å². The van der Waals surface area contributed by atoms with Crippen molar-refractivity contribution in [3.05, 3.63) is 29.3 Å². The first-order valence-corrected chi connectivity index (χ1v) is 6.56. The summed E-state index contributed by atoms with van der Waals surface area (Å²) in [6.45, 7) is 5.14. The van der Waals surface area contributed by atoms with E-state index in [0.29, 0.717) is 5.56 Å². The zero-order chi connectivity index (χ0) is 12.3. The molecular weight excluding hydrogens is 226 g/mol. The van der Waals surface area contributed by atoms with E-state index in [4.69, 9.17) is 5.11 Å². The van der Waals surface area contributed by atoms with Crippen molar-refractivity contribution in [2.75, 3.05) is 6.54 Å². The van der Waals surface area contributed by atoms with Crippen LogP contribution in [-0.4, -0.2) is 26.2 Å². The van der Waals surface area contributed by atoms with Crippen LogP contribution in [-0.2, 0) is 10.0 Å². The fourth-order valence-corrected chi connectivity index (χ4v) is 2.75. The van der Waals surface area contributed by atoms with Gasteiger partial charge in [-0.15, -0.1) is 0 Å². The zero-order valence-electron chi connectivity index (χ0n) is 9.69. The van der Waals surface area contributed by atoms with Crippen LogP contribution >= 0.6 is 0 Å². The number of nitrogens with one attached hydrogen (secondary N) is 1. The van der Waals surface area contributed by atoms with Crippen molar-refractivity contribution in [1.82, 2.24) is 4.72 Å². The van der Waals surface area contributed by atoms with E-state index >= 15 is 0 Å². The molecule has 0 aliphatic carbocycles. The van der Waals surface area contributed by atoms with Gasteiger partial charge in [0.15, 0.2) is 0 Å². The maximum Gasteiger partial charge on any atom is 0.240 e. The van der Waals surface area contributed by atoms with Crippen molar-refractivity contribution in [3.8, 4) is 0 Å². The molecule has 0 radical (unpaired) electrons. The molecule has 90 valence electrons. The number of aliphatic hydroxyl groups is 1. The summed E-state index contributed by atoms with van der Waals surface area (Å²) in [4.78, 5) is 0.271. The lowest BCUT2D eigenvalue weighted by Gasteiger charge is -2.11. The second-order valence-electron chi connectivity index (χ2n) is 3.97. The molecule has 1 rings (SSSR count). The highest BCUT2D eigenvalue weighted by Crippen LogP contribution is 2.16. The lowest BCUT2D eigenvalue weighted by molar-refractivity contribution is 0.198. The van der Waals surface area contributed by atoms with Gasteiger partial charge in [0.1, 0.15) is 0 Å².